The number of hydrazine groups is 1. The van der Waals surface area contributed by atoms with Gasteiger partial charge < -0.3 is 0 Å². The molecule has 0 saturated carbocycles. The maximum atomic E-state index is 3.09. The van der Waals surface area contributed by atoms with Gasteiger partial charge in [-0.1, -0.05) is 0 Å². The zero-order valence-corrected chi connectivity index (χ0v) is 9.10. The molecule has 3 nitrogen and oxygen atoms in total. The zero-order valence-electron chi connectivity index (χ0n) is 4.78. The molecule has 8 heavy (non-hydrogen) atoms. The highest BCUT2D eigenvalue weighted by Crippen LogP contribution is 1.88. The lowest BCUT2D eigenvalue weighted by Crippen LogP contribution is -2.40. The monoisotopic (exact) mass is 341 g/mol. The average molecular weight is 341 g/mol. The van der Waals surface area contributed by atoms with Gasteiger partial charge in [0.2, 0.25) is 0 Å². The summed E-state index contributed by atoms with van der Waals surface area (Å²) >= 11 is 4.26. The van der Waals surface area contributed by atoms with Crippen molar-refractivity contribution in [1.82, 2.24) is 12.2 Å². The van der Waals surface area contributed by atoms with E-state index in [0.29, 0.717) is 6.17 Å². The van der Waals surface area contributed by atoms with Crippen molar-refractivity contribution >= 4 is 45.7 Å². The van der Waals surface area contributed by atoms with Gasteiger partial charge in [-0.3, -0.25) is 0 Å². The van der Waals surface area contributed by atoms with E-state index in [1.165, 1.54) is 0 Å². The Balaban J connectivity index is 3.10. The zero-order chi connectivity index (χ0) is 6.57. The average Bonchev–Trinajstić information content (AvgIpc) is 1.65. The first-order valence-corrected chi connectivity index (χ1v) is 4.23. The van der Waals surface area contributed by atoms with Gasteiger partial charge in [-0.25, -0.2) is 8.96 Å². The van der Waals surface area contributed by atoms with E-state index < -0.39 is 0 Å². The maximum Gasteiger partial charge on any atom is 0.0770 e. The SMILES string of the molecule is CC(NI)NN(C)I. The maximum absolute atomic E-state index is 3.09. The predicted molar refractivity (Wildman–Crippen MR) is 51.5 cm³/mol. The number of halogens is 2. The summed E-state index contributed by atoms with van der Waals surface area (Å²) in [6.07, 6.45) is 0.331. The van der Waals surface area contributed by atoms with Crippen molar-refractivity contribution in [1.29, 1.82) is 0 Å². The molecule has 0 aliphatic carbocycles. The summed E-state index contributed by atoms with van der Waals surface area (Å²) in [4.78, 5) is 0. The fourth-order valence-electron chi connectivity index (χ4n) is 0.291. The summed E-state index contributed by atoms with van der Waals surface area (Å²) in [6.45, 7) is 2.04. The summed E-state index contributed by atoms with van der Waals surface area (Å²) in [7, 11) is 1.95. The fraction of sp³-hybridized carbons (Fsp3) is 1.00. The minimum Gasteiger partial charge on any atom is -0.244 e. The Bertz CT molecular complexity index is 58.5. The Hall–Kier alpha value is 1.34. The van der Waals surface area contributed by atoms with Crippen LogP contribution in [-0.2, 0) is 0 Å². The number of hydrogen-bond acceptors (Lipinski definition) is 3. The van der Waals surface area contributed by atoms with Crippen molar-refractivity contribution in [2.75, 3.05) is 7.05 Å². The van der Waals surface area contributed by atoms with Gasteiger partial charge in [0.05, 0.1) is 6.17 Å². The van der Waals surface area contributed by atoms with Crippen LogP contribution in [0.4, 0.5) is 0 Å². The first-order valence-electron chi connectivity index (χ1n) is 2.18. The van der Waals surface area contributed by atoms with Crippen molar-refractivity contribution in [2.45, 2.75) is 13.1 Å². The molecule has 0 rings (SSSR count). The van der Waals surface area contributed by atoms with E-state index >= 15 is 0 Å². The van der Waals surface area contributed by atoms with Crippen LogP contribution in [0, 0.1) is 0 Å². The van der Waals surface area contributed by atoms with Crippen LogP contribution in [-0.4, -0.2) is 16.4 Å². The van der Waals surface area contributed by atoms with Crippen LogP contribution >= 0.6 is 45.7 Å². The molecule has 50 valence electrons. The lowest BCUT2D eigenvalue weighted by molar-refractivity contribution is 0.376. The largest absolute Gasteiger partial charge is 0.244 e. The van der Waals surface area contributed by atoms with Gasteiger partial charge in [-0.15, -0.1) is 0 Å². The van der Waals surface area contributed by atoms with Gasteiger partial charge in [0.25, 0.3) is 0 Å². The molecule has 1 atom stereocenters. The van der Waals surface area contributed by atoms with Gasteiger partial charge in [-0.2, -0.15) is 3.22 Å². The van der Waals surface area contributed by atoms with Gasteiger partial charge in [0.1, 0.15) is 0 Å². The van der Waals surface area contributed by atoms with Crippen molar-refractivity contribution in [3.8, 4) is 0 Å². The molecule has 0 amide bonds. The van der Waals surface area contributed by atoms with Crippen LogP contribution in [0.2, 0.25) is 0 Å². The molecule has 2 N–H and O–H groups in total. The van der Waals surface area contributed by atoms with Crippen LogP contribution in [0.5, 0.6) is 0 Å². The molecule has 0 aliphatic heterocycles. The molecule has 0 fully saturated rings. The Morgan fingerprint density at radius 2 is 2.12 bits per heavy atom. The molecule has 0 aliphatic rings. The van der Waals surface area contributed by atoms with Crippen molar-refractivity contribution < 1.29 is 0 Å². The van der Waals surface area contributed by atoms with Crippen LogP contribution < -0.4 is 8.96 Å². The van der Waals surface area contributed by atoms with E-state index in [4.69, 9.17) is 0 Å². The van der Waals surface area contributed by atoms with E-state index in [1.54, 1.807) is 0 Å². The highest BCUT2D eigenvalue weighted by molar-refractivity contribution is 14.1. The van der Waals surface area contributed by atoms with E-state index in [0.717, 1.165) is 0 Å². The van der Waals surface area contributed by atoms with E-state index in [9.17, 15) is 0 Å². The predicted octanol–water partition coefficient (Wildman–Crippen LogP) is 1.06. The fourth-order valence-corrected chi connectivity index (χ4v) is 0.848. The Morgan fingerprint density at radius 1 is 1.62 bits per heavy atom. The Labute approximate surface area is 77.5 Å². The number of nitrogens with zero attached hydrogens (tertiary/aromatic N) is 1. The van der Waals surface area contributed by atoms with E-state index in [2.05, 4.69) is 54.7 Å². The molecule has 0 aromatic rings. The number of hydrogen-bond donors (Lipinski definition) is 2. The molecular formula is C3H9I2N3. The van der Waals surface area contributed by atoms with Crippen LogP contribution in [0.1, 0.15) is 6.92 Å². The molecule has 0 radical (unpaired) electrons. The summed E-state index contributed by atoms with van der Waals surface area (Å²) < 4.78 is 4.89. The summed E-state index contributed by atoms with van der Waals surface area (Å²) in [6, 6.07) is 0. The molecule has 0 spiro atoms. The minimum atomic E-state index is 0.331. The van der Waals surface area contributed by atoms with Gasteiger partial charge in [0.15, 0.2) is 0 Å². The standard InChI is InChI=1S/C3H9I2N3/c1-3(6-4)7-8(2)5/h3,6-7H,1-2H3. The molecule has 1 unspecified atom stereocenters. The second-order valence-electron chi connectivity index (χ2n) is 1.44. The normalized spacial score (nSPS) is 14.6. The van der Waals surface area contributed by atoms with Gasteiger partial charge in [0, 0.05) is 52.8 Å². The van der Waals surface area contributed by atoms with Gasteiger partial charge >= 0.3 is 0 Å². The second-order valence-corrected chi connectivity index (χ2v) is 3.51. The highest BCUT2D eigenvalue weighted by atomic mass is 127. The minimum absolute atomic E-state index is 0.331. The van der Waals surface area contributed by atoms with Crippen molar-refractivity contribution in [2.24, 2.45) is 0 Å². The van der Waals surface area contributed by atoms with Gasteiger partial charge in [-0.05, 0) is 6.92 Å². The molecular weight excluding hydrogens is 332 g/mol. The summed E-state index contributed by atoms with van der Waals surface area (Å²) in [5, 5.41) is 0. The van der Waals surface area contributed by atoms with E-state index in [1.807, 2.05) is 17.2 Å². The first kappa shape index (κ1) is 9.34. The lowest BCUT2D eigenvalue weighted by atomic mass is 10.6. The second kappa shape index (κ2) is 5.15. The topological polar surface area (TPSA) is 27.3 Å². The van der Waals surface area contributed by atoms with Crippen LogP contribution in [0.15, 0.2) is 0 Å². The number of nitrogens with one attached hydrogen (secondary N) is 2. The third-order valence-electron chi connectivity index (χ3n) is 0.535. The Morgan fingerprint density at radius 3 is 2.25 bits per heavy atom. The Kier molecular flexibility index (Phi) is 6.01. The molecule has 0 heterocycles. The quantitative estimate of drug-likeness (QED) is 0.348. The molecule has 5 heteroatoms. The lowest BCUT2D eigenvalue weighted by Gasteiger charge is -2.14. The summed E-state index contributed by atoms with van der Waals surface area (Å²) in [5.74, 6) is 0. The van der Waals surface area contributed by atoms with Crippen LogP contribution in [0.25, 0.3) is 0 Å². The third kappa shape index (κ3) is 5.48. The molecule has 0 aromatic carbocycles. The molecule has 0 aromatic heterocycles. The molecule has 0 bridgehead atoms. The van der Waals surface area contributed by atoms with Crippen LogP contribution in [0.3, 0.4) is 0 Å². The summed E-state index contributed by atoms with van der Waals surface area (Å²) in [5.41, 5.74) is 3.09. The van der Waals surface area contributed by atoms with E-state index in [-0.39, 0.29) is 0 Å². The molecule has 0 saturated heterocycles. The van der Waals surface area contributed by atoms with Crippen molar-refractivity contribution in [3.05, 3.63) is 0 Å². The third-order valence-corrected chi connectivity index (χ3v) is 1.75. The smallest absolute Gasteiger partial charge is 0.0770 e. The van der Waals surface area contributed by atoms with Crippen molar-refractivity contribution in [3.63, 3.8) is 0 Å². The highest BCUT2D eigenvalue weighted by Gasteiger charge is 1.96. The number of rotatable bonds is 3. The first-order chi connectivity index (χ1) is 3.66.